The first-order valence-corrected chi connectivity index (χ1v) is 12.2. The second-order valence-corrected chi connectivity index (χ2v) is 9.47. The van der Waals surface area contributed by atoms with Crippen LogP contribution in [-0.2, 0) is 17.9 Å². The second kappa shape index (κ2) is 10.4. The minimum absolute atomic E-state index is 0.324. The normalized spacial score (nSPS) is 20.4. The molecule has 2 saturated heterocycles. The Labute approximate surface area is 195 Å². The molecule has 1 aromatic heterocycles. The summed E-state index contributed by atoms with van der Waals surface area (Å²) in [5, 5.41) is 8.03. The summed E-state index contributed by atoms with van der Waals surface area (Å²) < 4.78 is 4.91. The van der Waals surface area contributed by atoms with Crippen molar-refractivity contribution in [3.63, 3.8) is 0 Å². The first-order chi connectivity index (χ1) is 16.2. The van der Waals surface area contributed by atoms with Crippen molar-refractivity contribution >= 4 is 16.9 Å². The van der Waals surface area contributed by atoms with Gasteiger partial charge in [0.2, 0.25) is 5.91 Å². The zero-order valence-electron chi connectivity index (χ0n) is 19.2. The Morgan fingerprint density at radius 1 is 0.909 bits per heavy atom. The molecule has 174 valence electrons. The number of rotatable bonds is 7. The summed E-state index contributed by atoms with van der Waals surface area (Å²) in [4.78, 5) is 19.9. The molecule has 2 fully saturated rings. The maximum absolute atomic E-state index is 12.9. The van der Waals surface area contributed by atoms with E-state index in [2.05, 4.69) is 61.4 Å². The number of carbonyl (C=O) groups excluding carboxylic acids is 1. The van der Waals surface area contributed by atoms with Gasteiger partial charge in [-0.15, -0.1) is 0 Å². The van der Waals surface area contributed by atoms with Crippen LogP contribution in [0.2, 0.25) is 0 Å². The van der Waals surface area contributed by atoms with Crippen molar-refractivity contribution in [2.45, 2.75) is 38.8 Å². The number of fused-ring (bicyclic) bond motifs is 1. The average Bonchev–Trinajstić information content (AvgIpc) is 3.34. The van der Waals surface area contributed by atoms with Crippen LogP contribution in [0.1, 0.15) is 36.8 Å². The number of amides is 1. The van der Waals surface area contributed by atoms with Gasteiger partial charge >= 0.3 is 0 Å². The maximum atomic E-state index is 12.9. The number of likely N-dealkylation sites (tertiary alicyclic amines) is 1. The fourth-order valence-electron chi connectivity index (χ4n) is 5.24. The van der Waals surface area contributed by atoms with E-state index >= 15 is 0 Å². The molecule has 0 saturated carbocycles. The Balaban J connectivity index is 1.06. The van der Waals surface area contributed by atoms with Crippen LogP contribution >= 0.6 is 0 Å². The molecule has 0 bridgehead atoms. The highest BCUT2D eigenvalue weighted by molar-refractivity contribution is 5.77. The van der Waals surface area contributed by atoms with Gasteiger partial charge in [-0.05, 0) is 59.2 Å². The van der Waals surface area contributed by atoms with Gasteiger partial charge in [-0.1, -0.05) is 42.5 Å². The molecule has 0 unspecified atom stereocenters. The molecular weight excluding hydrogens is 414 g/mol. The number of benzene rings is 2. The van der Waals surface area contributed by atoms with Crippen molar-refractivity contribution in [3.8, 4) is 0 Å². The predicted octanol–water partition coefficient (Wildman–Crippen LogP) is 3.56. The molecule has 33 heavy (non-hydrogen) atoms. The molecule has 3 heterocycles. The minimum Gasteiger partial charge on any atom is -0.340 e. The second-order valence-electron chi connectivity index (χ2n) is 9.47. The van der Waals surface area contributed by atoms with E-state index in [9.17, 15) is 4.79 Å². The van der Waals surface area contributed by atoms with Gasteiger partial charge in [-0.2, -0.15) is 0 Å². The molecule has 3 aromatic rings. The zero-order chi connectivity index (χ0) is 22.5. The van der Waals surface area contributed by atoms with E-state index in [0.717, 1.165) is 69.8 Å². The van der Waals surface area contributed by atoms with Crippen LogP contribution in [0.25, 0.3) is 11.0 Å². The van der Waals surface area contributed by atoms with E-state index in [0.29, 0.717) is 18.2 Å². The molecular formula is C26H33N5O2. The molecule has 0 radical (unpaired) electrons. The summed E-state index contributed by atoms with van der Waals surface area (Å²) in [6.07, 6.45) is 4.05. The smallest absolute Gasteiger partial charge is 0.222 e. The summed E-state index contributed by atoms with van der Waals surface area (Å²) in [6, 6.07) is 16.6. The number of nitrogens with zero attached hydrogens (tertiary/aromatic N) is 5. The summed E-state index contributed by atoms with van der Waals surface area (Å²) in [5.74, 6) is 0.904. The van der Waals surface area contributed by atoms with E-state index in [4.69, 9.17) is 4.63 Å². The Hall–Kier alpha value is -2.77. The number of carbonyl (C=O) groups is 1. The fourth-order valence-corrected chi connectivity index (χ4v) is 5.24. The molecule has 7 nitrogen and oxygen atoms in total. The van der Waals surface area contributed by atoms with Crippen LogP contribution in [0.15, 0.2) is 53.2 Å². The van der Waals surface area contributed by atoms with Crippen LogP contribution < -0.4 is 0 Å². The first kappa shape index (κ1) is 22.0. The molecule has 0 spiro atoms. The zero-order valence-corrected chi connectivity index (χ0v) is 19.2. The van der Waals surface area contributed by atoms with Gasteiger partial charge in [0.25, 0.3) is 0 Å². The van der Waals surface area contributed by atoms with Crippen molar-refractivity contribution in [3.05, 3.63) is 59.7 Å². The highest BCUT2D eigenvalue weighted by Gasteiger charge is 2.25. The van der Waals surface area contributed by atoms with E-state index in [1.807, 2.05) is 12.1 Å². The van der Waals surface area contributed by atoms with Crippen molar-refractivity contribution in [1.82, 2.24) is 25.0 Å². The van der Waals surface area contributed by atoms with Crippen molar-refractivity contribution in [1.29, 1.82) is 0 Å². The average molecular weight is 448 g/mol. The standard InChI is InChI=1S/C26H33N5O2/c32-25(31-16-14-29(15-17-31)18-21-6-2-1-3-7-21)12-11-22-8-5-13-30(19-22)20-23-9-4-10-24-26(23)28-33-27-24/h1-4,6-7,9-10,22H,5,8,11-20H2/t22-/m0/s1. The summed E-state index contributed by atoms with van der Waals surface area (Å²) in [5.41, 5.74) is 4.19. The van der Waals surface area contributed by atoms with Gasteiger partial charge in [-0.3, -0.25) is 14.6 Å². The molecule has 1 atom stereocenters. The quantitative estimate of drug-likeness (QED) is 0.552. The lowest BCUT2D eigenvalue weighted by Gasteiger charge is -2.36. The van der Waals surface area contributed by atoms with Crippen molar-refractivity contribution in [2.75, 3.05) is 39.3 Å². The third-order valence-corrected chi connectivity index (χ3v) is 7.11. The number of hydrogen-bond acceptors (Lipinski definition) is 6. The number of hydrogen-bond donors (Lipinski definition) is 0. The Kier molecular flexibility index (Phi) is 6.98. The summed E-state index contributed by atoms with van der Waals surface area (Å²) in [6.45, 7) is 7.57. The highest BCUT2D eigenvalue weighted by atomic mass is 16.6. The Morgan fingerprint density at radius 2 is 1.76 bits per heavy atom. The topological polar surface area (TPSA) is 65.7 Å². The molecule has 2 aliphatic heterocycles. The molecule has 1 amide bonds. The van der Waals surface area contributed by atoms with Gasteiger partial charge in [0.15, 0.2) is 0 Å². The number of aromatic nitrogens is 2. The summed E-state index contributed by atoms with van der Waals surface area (Å²) >= 11 is 0. The molecule has 0 N–H and O–H groups in total. The van der Waals surface area contributed by atoms with Gasteiger partial charge in [0, 0.05) is 52.2 Å². The maximum Gasteiger partial charge on any atom is 0.222 e. The van der Waals surface area contributed by atoms with Crippen LogP contribution in [0.3, 0.4) is 0 Å². The number of piperazine rings is 1. The largest absolute Gasteiger partial charge is 0.340 e. The lowest BCUT2D eigenvalue weighted by Crippen LogP contribution is -2.48. The Bertz CT molecular complexity index is 1050. The lowest BCUT2D eigenvalue weighted by molar-refractivity contribution is -0.133. The van der Waals surface area contributed by atoms with E-state index < -0.39 is 0 Å². The highest BCUT2D eigenvalue weighted by Crippen LogP contribution is 2.25. The molecule has 2 aliphatic rings. The molecule has 5 rings (SSSR count). The Morgan fingerprint density at radius 3 is 2.61 bits per heavy atom. The first-order valence-electron chi connectivity index (χ1n) is 12.2. The van der Waals surface area contributed by atoms with Gasteiger partial charge in [-0.25, -0.2) is 4.63 Å². The third kappa shape index (κ3) is 5.60. The van der Waals surface area contributed by atoms with E-state index in [1.165, 1.54) is 24.0 Å². The molecule has 2 aromatic carbocycles. The SMILES string of the molecule is O=C(CC[C@@H]1CCCN(Cc2cccc3nonc23)C1)N1CCN(Cc2ccccc2)CC1. The molecule has 0 aliphatic carbocycles. The van der Waals surface area contributed by atoms with Gasteiger partial charge < -0.3 is 4.90 Å². The van der Waals surface area contributed by atoms with Gasteiger partial charge in [0.1, 0.15) is 11.0 Å². The van der Waals surface area contributed by atoms with Crippen LogP contribution in [0.5, 0.6) is 0 Å². The van der Waals surface area contributed by atoms with Crippen LogP contribution in [0, 0.1) is 5.92 Å². The fraction of sp³-hybridized carbons (Fsp3) is 0.500. The third-order valence-electron chi connectivity index (χ3n) is 7.11. The molecule has 7 heteroatoms. The van der Waals surface area contributed by atoms with Crippen molar-refractivity contribution < 1.29 is 9.42 Å². The monoisotopic (exact) mass is 447 g/mol. The number of piperidine rings is 1. The predicted molar refractivity (Wildman–Crippen MR) is 127 cm³/mol. The van der Waals surface area contributed by atoms with E-state index in [1.54, 1.807) is 0 Å². The van der Waals surface area contributed by atoms with Crippen LogP contribution in [-0.4, -0.2) is 70.2 Å². The van der Waals surface area contributed by atoms with Gasteiger partial charge in [0.05, 0.1) is 0 Å². The van der Waals surface area contributed by atoms with Crippen molar-refractivity contribution in [2.24, 2.45) is 5.92 Å². The van der Waals surface area contributed by atoms with E-state index in [-0.39, 0.29) is 0 Å². The van der Waals surface area contributed by atoms with Crippen LogP contribution in [0.4, 0.5) is 0 Å². The minimum atomic E-state index is 0.324. The summed E-state index contributed by atoms with van der Waals surface area (Å²) in [7, 11) is 0. The lowest BCUT2D eigenvalue weighted by atomic mass is 9.92.